The smallest absolute Gasteiger partial charge is 0.157 e. The van der Waals surface area contributed by atoms with Gasteiger partial charge in [0.05, 0.1) is 5.69 Å². The highest BCUT2D eigenvalue weighted by atomic mass is 19.1. The number of anilines is 4. The molecule has 0 atom stereocenters. The summed E-state index contributed by atoms with van der Waals surface area (Å²) >= 11 is 0. The van der Waals surface area contributed by atoms with Crippen molar-refractivity contribution in [3.05, 3.63) is 36.4 Å². The number of hydrogen-bond acceptors (Lipinski definition) is 6. The van der Waals surface area contributed by atoms with Crippen LogP contribution in [0.1, 0.15) is 0 Å². The molecular weight excluding hydrogens is 271 g/mol. The van der Waals surface area contributed by atoms with Gasteiger partial charge < -0.3 is 21.3 Å². The van der Waals surface area contributed by atoms with Gasteiger partial charge in [0.25, 0.3) is 0 Å². The topological polar surface area (TPSA) is 84.3 Å². The fourth-order valence-corrected chi connectivity index (χ4v) is 2.52. The van der Waals surface area contributed by atoms with Gasteiger partial charge in [-0.15, -0.1) is 0 Å². The first-order chi connectivity index (χ1) is 10.2. The number of nitrogen functional groups attached to an aromatic ring is 2. The van der Waals surface area contributed by atoms with Crippen LogP contribution in [0.25, 0.3) is 0 Å². The quantitative estimate of drug-likeness (QED) is 0.861. The van der Waals surface area contributed by atoms with Crippen LogP contribution < -0.4 is 21.3 Å². The molecule has 7 heteroatoms. The molecule has 110 valence electrons. The van der Waals surface area contributed by atoms with Crippen LogP contribution in [0.2, 0.25) is 0 Å². The van der Waals surface area contributed by atoms with E-state index in [0.717, 1.165) is 0 Å². The molecule has 1 aromatic heterocycles. The largest absolute Gasteiger partial charge is 0.393 e. The lowest BCUT2D eigenvalue weighted by Crippen LogP contribution is -2.47. The van der Waals surface area contributed by atoms with Crippen molar-refractivity contribution in [2.45, 2.75) is 0 Å². The summed E-state index contributed by atoms with van der Waals surface area (Å²) in [5, 5.41) is 0. The molecule has 3 rings (SSSR count). The molecule has 4 N–H and O–H groups in total. The SMILES string of the molecule is Nc1ncnc(N2CCN(c3ccccc3F)CC2)c1N. The number of benzene rings is 1. The first kappa shape index (κ1) is 13.4. The van der Waals surface area contributed by atoms with Crippen LogP contribution in [0, 0.1) is 5.82 Å². The lowest BCUT2D eigenvalue weighted by Gasteiger charge is -2.37. The zero-order valence-corrected chi connectivity index (χ0v) is 11.5. The Hall–Kier alpha value is -2.57. The van der Waals surface area contributed by atoms with Crippen molar-refractivity contribution >= 4 is 23.0 Å². The Labute approximate surface area is 122 Å². The Morgan fingerprint density at radius 2 is 1.62 bits per heavy atom. The summed E-state index contributed by atoms with van der Waals surface area (Å²) < 4.78 is 13.8. The lowest BCUT2D eigenvalue weighted by molar-refractivity contribution is 0.596. The van der Waals surface area contributed by atoms with Crippen LogP contribution in [0.4, 0.5) is 27.4 Å². The number of aromatic nitrogens is 2. The van der Waals surface area contributed by atoms with Gasteiger partial charge in [-0.05, 0) is 12.1 Å². The predicted molar refractivity (Wildman–Crippen MR) is 81.7 cm³/mol. The number of para-hydroxylation sites is 1. The van der Waals surface area contributed by atoms with Crippen molar-refractivity contribution in [2.75, 3.05) is 47.4 Å². The van der Waals surface area contributed by atoms with E-state index in [9.17, 15) is 4.39 Å². The van der Waals surface area contributed by atoms with Crippen LogP contribution in [0.15, 0.2) is 30.6 Å². The maximum atomic E-state index is 13.8. The Balaban J connectivity index is 1.74. The number of hydrogen-bond donors (Lipinski definition) is 2. The molecule has 1 aromatic carbocycles. The molecule has 0 unspecified atom stereocenters. The van der Waals surface area contributed by atoms with Crippen LogP contribution >= 0.6 is 0 Å². The molecule has 21 heavy (non-hydrogen) atoms. The third-order valence-corrected chi connectivity index (χ3v) is 3.67. The number of nitrogens with two attached hydrogens (primary N) is 2. The summed E-state index contributed by atoms with van der Waals surface area (Å²) in [7, 11) is 0. The molecule has 0 saturated carbocycles. The Bertz CT molecular complexity index is 639. The van der Waals surface area contributed by atoms with Crippen molar-refractivity contribution in [3.63, 3.8) is 0 Å². The monoisotopic (exact) mass is 288 g/mol. The highest BCUT2D eigenvalue weighted by Crippen LogP contribution is 2.26. The molecule has 6 nitrogen and oxygen atoms in total. The van der Waals surface area contributed by atoms with Gasteiger partial charge in [-0.1, -0.05) is 12.1 Å². The van der Waals surface area contributed by atoms with E-state index >= 15 is 0 Å². The summed E-state index contributed by atoms with van der Waals surface area (Å²) in [5.74, 6) is 0.740. The lowest BCUT2D eigenvalue weighted by atomic mass is 10.2. The third kappa shape index (κ3) is 2.54. The summed E-state index contributed by atoms with van der Waals surface area (Å²) in [4.78, 5) is 12.1. The maximum absolute atomic E-state index is 13.8. The minimum atomic E-state index is -0.197. The van der Waals surface area contributed by atoms with Crippen LogP contribution in [0.3, 0.4) is 0 Å². The van der Waals surface area contributed by atoms with Gasteiger partial charge in [0.15, 0.2) is 11.6 Å². The van der Waals surface area contributed by atoms with Crippen molar-refractivity contribution in [1.29, 1.82) is 0 Å². The number of piperazine rings is 1. The highest BCUT2D eigenvalue weighted by Gasteiger charge is 2.22. The second-order valence-corrected chi connectivity index (χ2v) is 4.92. The molecule has 0 bridgehead atoms. The van der Waals surface area contributed by atoms with Crippen molar-refractivity contribution in [1.82, 2.24) is 9.97 Å². The average Bonchev–Trinajstić information content (AvgIpc) is 2.51. The van der Waals surface area contributed by atoms with E-state index in [1.165, 1.54) is 12.4 Å². The number of halogens is 1. The molecule has 0 radical (unpaired) electrons. The van der Waals surface area contributed by atoms with Gasteiger partial charge in [-0.25, -0.2) is 14.4 Å². The van der Waals surface area contributed by atoms with E-state index < -0.39 is 0 Å². The van der Waals surface area contributed by atoms with E-state index in [2.05, 4.69) is 9.97 Å². The maximum Gasteiger partial charge on any atom is 0.157 e. The van der Waals surface area contributed by atoms with E-state index in [0.29, 0.717) is 43.4 Å². The third-order valence-electron chi connectivity index (χ3n) is 3.67. The van der Waals surface area contributed by atoms with E-state index in [-0.39, 0.29) is 11.6 Å². The summed E-state index contributed by atoms with van der Waals surface area (Å²) in [6.07, 6.45) is 1.41. The fraction of sp³-hybridized carbons (Fsp3) is 0.286. The molecule has 0 aliphatic carbocycles. The molecule has 1 saturated heterocycles. The van der Waals surface area contributed by atoms with E-state index in [4.69, 9.17) is 11.5 Å². The van der Waals surface area contributed by atoms with Gasteiger partial charge in [0.2, 0.25) is 0 Å². The molecule has 0 spiro atoms. The molecule has 1 fully saturated rings. The molecule has 0 amide bonds. The summed E-state index contributed by atoms with van der Waals surface area (Å²) in [6, 6.07) is 6.81. The Kier molecular flexibility index (Phi) is 3.47. The van der Waals surface area contributed by atoms with Gasteiger partial charge in [0, 0.05) is 26.2 Å². The minimum absolute atomic E-state index is 0.197. The average molecular weight is 288 g/mol. The standard InChI is InChI=1S/C14H17FN6/c15-10-3-1-2-4-11(10)20-5-7-21(8-6-20)14-12(16)13(17)18-9-19-14/h1-4,9H,5-8,16H2,(H2,17,18,19). The Morgan fingerprint density at radius 3 is 2.33 bits per heavy atom. The zero-order valence-electron chi connectivity index (χ0n) is 11.5. The molecule has 1 aliphatic heterocycles. The van der Waals surface area contributed by atoms with Gasteiger partial charge >= 0.3 is 0 Å². The van der Waals surface area contributed by atoms with Crippen LogP contribution in [-0.2, 0) is 0 Å². The second-order valence-electron chi connectivity index (χ2n) is 4.92. The fourth-order valence-electron chi connectivity index (χ4n) is 2.52. The first-order valence-electron chi connectivity index (χ1n) is 6.77. The molecule has 1 aliphatic rings. The highest BCUT2D eigenvalue weighted by molar-refractivity contribution is 5.73. The van der Waals surface area contributed by atoms with Crippen molar-refractivity contribution < 1.29 is 4.39 Å². The summed E-state index contributed by atoms with van der Waals surface area (Å²) in [5.41, 5.74) is 12.7. The van der Waals surface area contributed by atoms with Gasteiger partial charge in [-0.2, -0.15) is 0 Å². The van der Waals surface area contributed by atoms with Crippen molar-refractivity contribution in [3.8, 4) is 0 Å². The zero-order chi connectivity index (χ0) is 14.8. The molecular formula is C14H17FN6. The van der Waals surface area contributed by atoms with Gasteiger partial charge in [0.1, 0.15) is 17.8 Å². The minimum Gasteiger partial charge on any atom is -0.393 e. The van der Waals surface area contributed by atoms with Crippen LogP contribution in [0.5, 0.6) is 0 Å². The normalized spacial score (nSPS) is 15.3. The predicted octanol–water partition coefficient (Wildman–Crippen LogP) is 1.11. The Morgan fingerprint density at radius 1 is 0.952 bits per heavy atom. The number of rotatable bonds is 2. The van der Waals surface area contributed by atoms with Crippen molar-refractivity contribution in [2.24, 2.45) is 0 Å². The van der Waals surface area contributed by atoms with E-state index in [1.54, 1.807) is 12.1 Å². The second kappa shape index (κ2) is 5.43. The molecule has 2 heterocycles. The summed E-state index contributed by atoms with van der Waals surface area (Å²) in [6.45, 7) is 2.80. The van der Waals surface area contributed by atoms with E-state index in [1.807, 2.05) is 15.9 Å². The number of nitrogens with zero attached hydrogens (tertiary/aromatic N) is 4. The molecule has 2 aromatic rings. The van der Waals surface area contributed by atoms with Gasteiger partial charge in [-0.3, -0.25) is 0 Å². The van der Waals surface area contributed by atoms with Crippen LogP contribution in [-0.4, -0.2) is 36.1 Å². The first-order valence-corrected chi connectivity index (χ1v) is 6.77.